The molecule has 1 aromatic heterocycles. The van der Waals surface area contributed by atoms with Gasteiger partial charge in [-0.1, -0.05) is 13.3 Å². The molecule has 0 saturated heterocycles. The number of hydrogen-bond acceptors (Lipinski definition) is 3. The molecule has 0 bridgehead atoms. The Morgan fingerprint density at radius 3 is 2.80 bits per heavy atom. The van der Waals surface area contributed by atoms with Crippen LogP contribution in [-0.2, 0) is 4.74 Å². The second-order valence-electron chi connectivity index (χ2n) is 4.14. The summed E-state index contributed by atoms with van der Waals surface area (Å²) in [6.45, 7) is 5.91. The maximum atomic E-state index is 11.7. The van der Waals surface area contributed by atoms with Crippen LogP contribution in [0.3, 0.4) is 0 Å². The largest absolute Gasteiger partial charge is 0.456 e. The average Bonchev–Trinajstić information content (AvgIpc) is 2.18. The molecule has 0 unspecified atom stereocenters. The van der Waals surface area contributed by atoms with Crippen molar-refractivity contribution in [2.75, 3.05) is 0 Å². The number of esters is 1. The zero-order valence-corrected chi connectivity index (χ0v) is 9.49. The molecule has 0 saturated carbocycles. The third kappa shape index (κ3) is 3.70. The van der Waals surface area contributed by atoms with Crippen molar-refractivity contribution < 1.29 is 9.53 Å². The fourth-order valence-electron chi connectivity index (χ4n) is 1.45. The minimum atomic E-state index is -0.401. The highest BCUT2D eigenvalue weighted by Crippen LogP contribution is 2.18. The van der Waals surface area contributed by atoms with Gasteiger partial charge in [0.05, 0.1) is 5.56 Å². The maximum absolute atomic E-state index is 11.7. The van der Waals surface area contributed by atoms with Crippen molar-refractivity contribution in [2.45, 2.75) is 39.2 Å². The zero-order chi connectivity index (χ0) is 11.3. The highest BCUT2D eigenvalue weighted by Gasteiger charge is 2.22. The predicted octanol–water partition coefficient (Wildman–Crippen LogP) is 2.82. The highest BCUT2D eigenvalue weighted by molar-refractivity contribution is 5.89. The smallest absolute Gasteiger partial charge is 0.340 e. The number of hydrogen-bond donors (Lipinski definition) is 0. The van der Waals surface area contributed by atoms with Gasteiger partial charge in [0.2, 0.25) is 0 Å². The quantitative estimate of drug-likeness (QED) is 0.713. The van der Waals surface area contributed by atoms with E-state index < -0.39 is 5.60 Å². The first-order valence-electron chi connectivity index (χ1n) is 5.18. The van der Waals surface area contributed by atoms with E-state index in [1.807, 2.05) is 13.8 Å². The van der Waals surface area contributed by atoms with Gasteiger partial charge in [-0.25, -0.2) is 4.79 Å². The molecule has 0 spiro atoms. The fourth-order valence-corrected chi connectivity index (χ4v) is 1.45. The summed E-state index contributed by atoms with van der Waals surface area (Å²) in [5, 5.41) is 0. The van der Waals surface area contributed by atoms with Crippen LogP contribution < -0.4 is 0 Å². The minimum absolute atomic E-state index is 0.304. The molecule has 0 fully saturated rings. The van der Waals surface area contributed by atoms with Gasteiger partial charge in [-0.05, 0) is 32.4 Å². The lowest BCUT2D eigenvalue weighted by molar-refractivity contribution is -0.00476. The SMILES string of the molecule is CCCC(C)(C)OC(=O)c1cccnc1. The van der Waals surface area contributed by atoms with E-state index in [1.54, 1.807) is 18.3 Å². The second-order valence-corrected chi connectivity index (χ2v) is 4.14. The van der Waals surface area contributed by atoms with Gasteiger partial charge in [0.25, 0.3) is 0 Å². The van der Waals surface area contributed by atoms with E-state index in [0.29, 0.717) is 5.56 Å². The molecule has 1 aromatic rings. The van der Waals surface area contributed by atoms with Crippen molar-refractivity contribution in [3.8, 4) is 0 Å². The van der Waals surface area contributed by atoms with E-state index in [2.05, 4.69) is 11.9 Å². The van der Waals surface area contributed by atoms with E-state index in [4.69, 9.17) is 4.74 Å². The molecule has 0 aromatic carbocycles. The first kappa shape index (κ1) is 11.7. The van der Waals surface area contributed by atoms with Gasteiger partial charge in [0.1, 0.15) is 5.60 Å². The van der Waals surface area contributed by atoms with Crippen molar-refractivity contribution in [2.24, 2.45) is 0 Å². The molecular weight excluding hydrogens is 190 g/mol. The van der Waals surface area contributed by atoms with Crippen LogP contribution >= 0.6 is 0 Å². The molecule has 0 radical (unpaired) electrons. The van der Waals surface area contributed by atoms with Crippen molar-refractivity contribution in [1.82, 2.24) is 4.98 Å². The van der Waals surface area contributed by atoms with Crippen LogP contribution in [0, 0.1) is 0 Å². The lowest BCUT2D eigenvalue weighted by Gasteiger charge is -2.24. The molecule has 0 aliphatic heterocycles. The van der Waals surface area contributed by atoms with E-state index in [0.717, 1.165) is 12.8 Å². The predicted molar refractivity (Wildman–Crippen MR) is 58.6 cm³/mol. The Kier molecular flexibility index (Phi) is 3.83. The average molecular weight is 207 g/mol. The molecule has 15 heavy (non-hydrogen) atoms. The monoisotopic (exact) mass is 207 g/mol. The van der Waals surface area contributed by atoms with Crippen molar-refractivity contribution in [1.29, 1.82) is 0 Å². The van der Waals surface area contributed by atoms with Gasteiger partial charge in [-0.15, -0.1) is 0 Å². The van der Waals surface area contributed by atoms with E-state index in [9.17, 15) is 4.79 Å². The van der Waals surface area contributed by atoms with Crippen molar-refractivity contribution >= 4 is 5.97 Å². The van der Waals surface area contributed by atoms with E-state index in [-0.39, 0.29) is 5.97 Å². The first-order valence-corrected chi connectivity index (χ1v) is 5.18. The topological polar surface area (TPSA) is 39.2 Å². The zero-order valence-electron chi connectivity index (χ0n) is 9.49. The normalized spacial score (nSPS) is 11.1. The molecule has 0 N–H and O–H groups in total. The van der Waals surface area contributed by atoms with Gasteiger partial charge in [0.15, 0.2) is 0 Å². The molecule has 3 heteroatoms. The summed E-state index contributed by atoms with van der Waals surface area (Å²) in [5.41, 5.74) is 0.100. The van der Waals surface area contributed by atoms with Crippen molar-refractivity contribution in [3.63, 3.8) is 0 Å². The molecular formula is C12H17NO2. The van der Waals surface area contributed by atoms with E-state index in [1.165, 1.54) is 6.20 Å². The van der Waals surface area contributed by atoms with Gasteiger partial charge in [-0.3, -0.25) is 4.98 Å². The molecule has 1 heterocycles. The van der Waals surface area contributed by atoms with Crippen LogP contribution in [0.25, 0.3) is 0 Å². The van der Waals surface area contributed by atoms with Gasteiger partial charge in [0, 0.05) is 12.4 Å². The number of nitrogens with zero attached hydrogens (tertiary/aromatic N) is 1. The summed E-state index contributed by atoms with van der Waals surface area (Å²) in [6, 6.07) is 3.43. The fraction of sp³-hybridized carbons (Fsp3) is 0.500. The Morgan fingerprint density at radius 1 is 1.53 bits per heavy atom. The third-order valence-electron chi connectivity index (χ3n) is 2.12. The molecule has 0 aliphatic rings. The summed E-state index contributed by atoms with van der Waals surface area (Å²) in [4.78, 5) is 15.6. The number of pyridine rings is 1. The number of rotatable bonds is 4. The molecule has 3 nitrogen and oxygen atoms in total. The molecule has 1 rings (SSSR count). The minimum Gasteiger partial charge on any atom is -0.456 e. The van der Waals surface area contributed by atoms with Gasteiger partial charge >= 0.3 is 5.97 Å². The highest BCUT2D eigenvalue weighted by atomic mass is 16.6. The lowest BCUT2D eigenvalue weighted by atomic mass is 10.0. The summed E-state index contributed by atoms with van der Waals surface area (Å²) < 4.78 is 5.39. The number of carbonyl (C=O) groups is 1. The Labute approximate surface area is 90.5 Å². The Morgan fingerprint density at radius 2 is 2.27 bits per heavy atom. The van der Waals surface area contributed by atoms with Gasteiger partial charge < -0.3 is 4.74 Å². The van der Waals surface area contributed by atoms with Crippen LogP contribution in [0.5, 0.6) is 0 Å². The summed E-state index contributed by atoms with van der Waals surface area (Å²) in [5.74, 6) is -0.304. The Bertz CT molecular complexity index is 320. The Hall–Kier alpha value is -1.38. The standard InChI is InChI=1S/C12H17NO2/c1-4-7-12(2,3)15-11(14)10-6-5-8-13-9-10/h5-6,8-9H,4,7H2,1-3H3. The molecule has 0 amide bonds. The van der Waals surface area contributed by atoms with Crippen LogP contribution in [0.4, 0.5) is 0 Å². The Balaban J connectivity index is 2.64. The van der Waals surface area contributed by atoms with Crippen LogP contribution in [0.2, 0.25) is 0 Å². The van der Waals surface area contributed by atoms with Crippen molar-refractivity contribution in [3.05, 3.63) is 30.1 Å². The lowest BCUT2D eigenvalue weighted by Crippen LogP contribution is -2.27. The summed E-state index contributed by atoms with van der Waals surface area (Å²) >= 11 is 0. The van der Waals surface area contributed by atoms with Gasteiger partial charge in [-0.2, -0.15) is 0 Å². The third-order valence-corrected chi connectivity index (χ3v) is 2.12. The maximum Gasteiger partial charge on any atom is 0.340 e. The number of aromatic nitrogens is 1. The van der Waals surface area contributed by atoms with Crippen LogP contribution in [0.1, 0.15) is 44.0 Å². The number of ether oxygens (including phenoxy) is 1. The first-order chi connectivity index (χ1) is 7.05. The van der Waals surface area contributed by atoms with E-state index >= 15 is 0 Å². The number of carbonyl (C=O) groups excluding carboxylic acids is 1. The molecule has 0 atom stereocenters. The summed E-state index contributed by atoms with van der Waals surface area (Å²) in [6.07, 6.45) is 5.00. The molecule has 0 aliphatic carbocycles. The second kappa shape index (κ2) is 4.91. The van der Waals surface area contributed by atoms with Crippen LogP contribution in [0.15, 0.2) is 24.5 Å². The van der Waals surface area contributed by atoms with Crippen LogP contribution in [-0.4, -0.2) is 16.6 Å². The summed E-state index contributed by atoms with van der Waals surface area (Å²) in [7, 11) is 0. The molecule has 82 valence electrons.